The first-order chi connectivity index (χ1) is 12.4. The minimum atomic E-state index is -3.46. The molecule has 0 aliphatic carbocycles. The normalized spacial score (nSPS) is 11.4. The summed E-state index contributed by atoms with van der Waals surface area (Å²) in [5.74, 6) is -0.388. The van der Waals surface area contributed by atoms with Crippen molar-refractivity contribution in [3.8, 4) is 0 Å². The average Bonchev–Trinajstić information content (AvgIpc) is 2.61. The van der Waals surface area contributed by atoms with Gasteiger partial charge < -0.3 is 5.32 Å². The lowest BCUT2D eigenvalue weighted by atomic mass is 10.2. The van der Waals surface area contributed by atoms with Gasteiger partial charge in [-0.3, -0.25) is 14.2 Å². The van der Waals surface area contributed by atoms with Crippen molar-refractivity contribution >= 4 is 32.3 Å². The summed E-state index contributed by atoms with van der Waals surface area (Å²) < 4.78 is 24.9. The zero-order valence-electron chi connectivity index (χ0n) is 14.0. The molecule has 0 saturated heterocycles. The quantitative estimate of drug-likeness (QED) is 0.738. The lowest BCUT2D eigenvalue weighted by molar-refractivity contribution is -0.116. The molecular weight excluding hydrogens is 354 g/mol. The van der Waals surface area contributed by atoms with E-state index in [4.69, 9.17) is 0 Å². The van der Waals surface area contributed by atoms with E-state index in [1.807, 2.05) is 0 Å². The van der Waals surface area contributed by atoms with Crippen molar-refractivity contribution < 1.29 is 13.2 Å². The minimum absolute atomic E-state index is 0.0119. The Kier molecular flexibility index (Phi) is 4.85. The monoisotopic (exact) mass is 371 g/mol. The Balaban J connectivity index is 1.75. The summed E-state index contributed by atoms with van der Waals surface area (Å²) in [5, 5.41) is 3.07. The molecular formula is C18H17N3O4S. The van der Waals surface area contributed by atoms with E-state index in [0.717, 1.165) is 6.26 Å². The number of benzene rings is 2. The number of carbonyl (C=O) groups is 1. The predicted octanol–water partition coefficient (Wildman–Crippen LogP) is 1.83. The molecule has 0 unspecified atom stereocenters. The van der Waals surface area contributed by atoms with Crippen molar-refractivity contribution in [1.29, 1.82) is 0 Å². The van der Waals surface area contributed by atoms with Crippen molar-refractivity contribution in [3.63, 3.8) is 0 Å². The average molecular weight is 371 g/mol. The van der Waals surface area contributed by atoms with E-state index >= 15 is 0 Å². The van der Waals surface area contributed by atoms with Crippen LogP contribution in [0.4, 0.5) is 5.69 Å². The molecule has 1 aromatic heterocycles. The van der Waals surface area contributed by atoms with E-state index in [1.54, 1.807) is 36.4 Å². The Morgan fingerprint density at radius 2 is 1.81 bits per heavy atom. The van der Waals surface area contributed by atoms with Crippen LogP contribution in [0.25, 0.3) is 10.9 Å². The van der Waals surface area contributed by atoms with Gasteiger partial charge in [-0.15, -0.1) is 0 Å². The number of aryl methyl sites for hydroxylation is 1. The van der Waals surface area contributed by atoms with Crippen LogP contribution < -0.4 is 10.9 Å². The highest BCUT2D eigenvalue weighted by Gasteiger charge is 2.14. The Morgan fingerprint density at radius 1 is 1.12 bits per heavy atom. The van der Waals surface area contributed by atoms with E-state index < -0.39 is 9.84 Å². The second kappa shape index (κ2) is 7.09. The standard InChI is InChI=1S/C18H17N3O4S/c1-26(24,25)16-9-5-4-8-15(16)20-17(22)10-11-21-12-19-14-7-3-2-6-13(14)18(21)23/h2-9,12H,10-11H2,1H3,(H,20,22). The number of anilines is 1. The van der Waals surface area contributed by atoms with Crippen LogP contribution in [0.2, 0.25) is 0 Å². The summed E-state index contributed by atoms with van der Waals surface area (Å²) in [4.78, 5) is 28.9. The first-order valence-corrected chi connectivity index (χ1v) is 9.78. The van der Waals surface area contributed by atoms with E-state index in [9.17, 15) is 18.0 Å². The fraction of sp³-hybridized carbons (Fsp3) is 0.167. The Hall–Kier alpha value is -3.00. The molecule has 0 aliphatic rings. The third-order valence-electron chi connectivity index (χ3n) is 3.87. The largest absolute Gasteiger partial charge is 0.325 e. The summed E-state index contributed by atoms with van der Waals surface area (Å²) in [6, 6.07) is 13.2. The molecule has 8 heteroatoms. The SMILES string of the molecule is CS(=O)(=O)c1ccccc1NC(=O)CCn1cnc2ccccc2c1=O. The minimum Gasteiger partial charge on any atom is -0.325 e. The third kappa shape index (κ3) is 3.80. The molecule has 3 rings (SSSR count). The maximum atomic E-state index is 12.4. The van der Waals surface area contributed by atoms with E-state index in [-0.39, 0.29) is 35.0 Å². The zero-order chi connectivity index (χ0) is 18.7. The van der Waals surface area contributed by atoms with Crippen LogP contribution in [0.3, 0.4) is 0 Å². The van der Waals surface area contributed by atoms with Gasteiger partial charge in [0.1, 0.15) is 0 Å². The topological polar surface area (TPSA) is 98.1 Å². The summed E-state index contributed by atoms with van der Waals surface area (Å²) in [6.07, 6.45) is 2.50. The van der Waals surface area contributed by atoms with Gasteiger partial charge in [0.05, 0.1) is 27.8 Å². The van der Waals surface area contributed by atoms with Crippen LogP contribution >= 0.6 is 0 Å². The molecule has 134 valence electrons. The van der Waals surface area contributed by atoms with Gasteiger partial charge in [0.2, 0.25) is 5.91 Å². The molecule has 7 nitrogen and oxygen atoms in total. The molecule has 0 spiro atoms. The van der Waals surface area contributed by atoms with Gasteiger partial charge in [-0.05, 0) is 24.3 Å². The van der Waals surface area contributed by atoms with Crippen molar-refractivity contribution in [2.45, 2.75) is 17.9 Å². The number of hydrogen-bond acceptors (Lipinski definition) is 5. The van der Waals surface area contributed by atoms with Gasteiger partial charge in [0, 0.05) is 19.2 Å². The number of sulfone groups is 1. The number of nitrogens with zero attached hydrogens (tertiary/aromatic N) is 2. The second-order valence-corrected chi connectivity index (χ2v) is 7.81. The number of fused-ring (bicyclic) bond motifs is 1. The molecule has 0 atom stereocenters. The molecule has 1 amide bonds. The molecule has 0 fully saturated rings. The van der Waals surface area contributed by atoms with Crippen LogP contribution in [0, 0.1) is 0 Å². The van der Waals surface area contributed by atoms with Crippen molar-refractivity contribution in [2.24, 2.45) is 0 Å². The molecule has 2 aromatic carbocycles. The van der Waals surface area contributed by atoms with Gasteiger partial charge >= 0.3 is 0 Å². The number of carbonyl (C=O) groups excluding carboxylic acids is 1. The molecule has 26 heavy (non-hydrogen) atoms. The number of hydrogen-bond donors (Lipinski definition) is 1. The highest BCUT2D eigenvalue weighted by molar-refractivity contribution is 7.90. The first-order valence-electron chi connectivity index (χ1n) is 7.89. The fourth-order valence-corrected chi connectivity index (χ4v) is 3.44. The van der Waals surface area contributed by atoms with Gasteiger partial charge in [0.25, 0.3) is 5.56 Å². The smallest absolute Gasteiger partial charge is 0.261 e. The van der Waals surface area contributed by atoms with Gasteiger partial charge in [0.15, 0.2) is 9.84 Å². The summed E-state index contributed by atoms with van der Waals surface area (Å²) >= 11 is 0. The van der Waals surface area contributed by atoms with Crippen LogP contribution in [0.15, 0.2) is 64.5 Å². The van der Waals surface area contributed by atoms with Gasteiger partial charge in [-0.1, -0.05) is 24.3 Å². The predicted molar refractivity (Wildman–Crippen MR) is 98.8 cm³/mol. The van der Waals surface area contributed by atoms with Crippen molar-refractivity contribution in [3.05, 3.63) is 65.2 Å². The van der Waals surface area contributed by atoms with Crippen LogP contribution in [-0.4, -0.2) is 30.1 Å². The van der Waals surface area contributed by atoms with E-state index in [0.29, 0.717) is 10.9 Å². The third-order valence-corrected chi connectivity index (χ3v) is 5.03. The van der Waals surface area contributed by atoms with Crippen molar-refractivity contribution in [2.75, 3.05) is 11.6 Å². The summed E-state index contributed by atoms with van der Waals surface area (Å²) in [7, 11) is -3.46. The summed E-state index contributed by atoms with van der Waals surface area (Å²) in [5.41, 5.74) is 0.601. The van der Waals surface area contributed by atoms with E-state index in [2.05, 4.69) is 10.3 Å². The Bertz CT molecular complexity index is 1140. The maximum Gasteiger partial charge on any atom is 0.261 e. The number of amides is 1. The molecule has 0 bridgehead atoms. The molecule has 1 N–H and O–H groups in total. The van der Waals surface area contributed by atoms with Crippen molar-refractivity contribution in [1.82, 2.24) is 9.55 Å². The summed E-state index contributed by atoms with van der Waals surface area (Å²) in [6.45, 7) is 0.142. The molecule has 0 saturated carbocycles. The number of para-hydroxylation sites is 2. The Morgan fingerprint density at radius 3 is 2.58 bits per heavy atom. The first kappa shape index (κ1) is 17.8. The number of aromatic nitrogens is 2. The van der Waals surface area contributed by atoms with Gasteiger partial charge in [-0.2, -0.15) is 0 Å². The van der Waals surface area contributed by atoms with Crippen LogP contribution in [-0.2, 0) is 21.2 Å². The fourth-order valence-electron chi connectivity index (χ4n) is 2.59. The zero-order valence-corrected chi connectivity index (χ0v) is 14.9. The Labute approximate surface area is 150 Å². The lowest BCUT2D eigenvalue weighted by Gasteiger charge is -2.10. The molecule has 3 aromatic rings. The highest BCUT2D eigenvalue weighted by atomic mass is 32.2. The number of rotatable bonds is 5. The maximum absolute atomic E-state index is 12.4. The van der Waals surface area contributed by atoms with Crippen LogP contribution in [0.1, 0.15) is 6.42 Å². The molecule has 1 heterocycles. The second-order valence-electron chi connectivity index (χ2n) is 5.83. The molecule has 0 aliphatic heterocycles. The lowest BCUT2D eigenvalue weighted by Crippen LogP contribution is -2.24. The van der Waals surface area contributed by atoms with Gasteiger partial charge in [-0.25, -0.2) is 13.4 Å². The van der Waals surface area contributed by atoms with E-state index in [1.165, 1.54) is 23.0 Å². The number of nitrogens with one attached hydrogen (secondary N) is 1. The van der Waals surface area contributed by atoms with Crippen LogP contribution in [0.5, 0.6) is 0 Å². The molecule has 0 radical (unpaired) electrons. The highest BCUT2D eigenvalue weighted by Crippen LogP contribution is 2.20.